The van der Waals surface area contributed by atoms with Gasteiger partial charge in [0.15, 0.2) is 0 Å². The maximum atomic E-state index is 12.0. The fourth-order valence-electron chi connectivity index (χ4n) is 1.64. The van der Waals surface area contributed by atoms with Crippen molar-refractivity contribution in [3.05, 3.63) is 0 Å². The smallest absolute Gasteiger partial charge is 0.160 e. The molecule has 1 atom stereocenters. The lowest BCUT2D eigenvalue weighted by molar-refractivity contribution is -0.0329. The van der Waals surface area contributed by atoms with E-state index in [1.54, 1.807) is 0 Å². The van der Waals surface area contributed by atoms with Crippen LogP contribution in [0.4, 0.5) is 13.2 Å². The van der Waals surface area contributed by atoms with Gasteiger partial charge >= 0.3 is 5.51 Å². The molecule has 16 heavy (non-hydrogen) atoms. The van der Waals surface area contributed by atoms with Gasteiger partial charge in [-0.15, -0.1) is 0 Å². The van der Waals surface area contributed by atoms with Crippen LogP contribution in [0.3, 0.4) is 0 Å². The molecule has 0 aliphatic rings. The summed E-state index contributed by atoms with van der Waals surface area (Å²) in [4.78, 5) is 0. The van der Waals surface area contributed by atoms with Gasteiger partial charge in [-0.3, -0.25) is 0 Å². The minimum atomic E-state index is -4.09. The molecule has 0 saturated heterocycles. The monoisotopic (exact) mass is 320 g/mol. The summed E-state index contributed by atoms with van der Waals surface area (Å²) in [6.45, 7) is 4.17. The summed E-state index contributed by atoms with van der Waals surface area (Å²) in [5, 5.41) is 0.801. The minimum absolute atomic E-state index is 0.0499. The first-order valence-corrected chi connectivity index (χ1v) is 7.76. The van der Waals surface area contributed by atoms with E-state index in [2.05, 4.69) is 29.8 Å². The molecular formula is C11H20BrF3S. The highest BCUT2D eigenvalue weighted by atomic mass is 79.9. The molecule has 0 bridgehead atoms. The normalized spacial score (nSPS) is 16.1. The first-order chi connectivity index (χ1) is 7.39. The van der Waals surface area contributed by atoms with E-state index < -0.39 is 5.51 Å². The summed E-state index contributed by atoms with van der Waals surface area (Å²) in [6.07, 6.45) is 4.79. The molecule has 0 heterocycles. The quantitative estimate of drug-likeness (QED) is 0.524. The van der Waals surface area contributed by atoms with Gasteiger partial charge in [0.1, 0.15) is 0 Å². The Morgan fingerprint density at radius 1 is 1.12 bits per heavy atom. The van der Waals surface area contributed by atoms with Gasteiger partial charge in [0, 0.05) is 11.1 Å². The number of unbranched alkanes of at least 4 members (excludes halogenated alkanes) is 1. The number of thioether (sulfide) groups is 1. The summed E-state index contributed by atoms with van der Waals surface area (Å²) in [6, 6.07) is 0. The zero-order valence-corrected chi connectivity index (χ0v) is 12.3. The Morgan fingerprint density at radius 3 is 2.12 bits per heavy atom. The van der Waals surface area contributed by atoms with Gasteiger partial charge < -0.3 is 0 Å². The average Bonchev–Trinajstić information content (AvgIpc) is 2.22. The molecule has 0 rings (SSSR count). The molecule has 0 aromatic rings. The highest BCUT2D eigenvalue weighted by molar-refractivity contribution is 9.09. The molecule has 0 saturated carbocycles. The van der Waals surface area contributed by atoms with E-state index >= 15 is 0 Å². The molecule has 0 fully saturated rings. The molecule has 0 aromatic heterocycles. The van der Waals surface area contributed by atoms with Crippen LogP contribution in [0.25, 0.3) is 0 Å². The van der Waals surface area contributed by atoms with Crippen LogP contribution in [-0.2, 0) is 0 Å². The van der Waals surface area contributed by atoms with Crippen molar-refractivity contribution in [1.29, 1.82) is 0 Å². The topological polar surface area (TPSA) is 0 Å². The Hall–Kier alpha value is 0.620. The van der Waals surface area contributed by atoms with Crippen LogP contribution >= 0.6 is 27.7 Å². The highest BCUT2D eigenvalue weighted by Gasteiger charge is 2.31. The van der Waals surface area contributed by atoms with E-state index in [0.29, 0.717) is 6.42 Å². The Morgan fingerprint density at radius 2 is 1.75 bits per heavy atom. The molecule has 0 amide bonds. The predicted molar refractivity (Wildman–Crippen MR) is 69.2 cm³/mol. The summed E-state index contributed by atoms with van der Waals surface area (Å²) in [7, 11) is 0. The third kappa shape index (κ3) is 7.05. The van der Waals surface area contributed by atoms with E-state index in [9.17, 15) is 13.2 Å². The van der Waals surface area contributed by atoms with Crippen LogP contribution in [0, 0.1) is 5.41 Å². The second-order valence-corrected chi connectivity index (χ2v) is 5.86. The minimum Gasteiger partial charge on any atom is -0.160 e. The van der Waals surface area contributed by atoms with Crippen LogP contribution in [0.15, 0.2) is 0 Å². The second kappa shape index (κ2) is 7.85. The molecule has 0 spiro atoms. The summed E-state index contributed by atoms with van der Waals surface area (Å²) in [5.74, 6) is 0.173. The van der Waals surface area contributed by atoms with Crippen molar-refractivity contribution in [2.75, 3.05) is 11.1 Å². The van der Waals surface area contributed by atoms with Crippen molar-refractivity contribution >= 4 is 27.7 Å². The first-order valence-electron chi connectivity index (χ1n) is 5.66. The van der Waals surface area contributed by atoms with E-state index in [1.165, 1.54) is 0 Å². The second-order valence-electron chi connectivity index (χ2n) is 4.13. The molecule has 0 N–H and O–H groups in total. The zero-order chi connectivity index (χ0) is 12.7. The van der Waals surface area contributed by atoms with Crippen molar-refractivity contribution in [3.63, 3.8) is 0 Å². The Kier molecular flexibility index (Phi) is 8.16. The molecule has 98 valence electrons. The van der Waals surface area contributed by atoms with E-state index in [0.717, 1.165) is 31.0 Å². The Bertz CT molecular complexity index is 179. The van der Waals surface area contributed by atoms with Gasteiger partial charge in [-0.2, -0.15) is 13.2 Å². The summed E-state index contributed by atoms with van der Waals surface area (Å²) in [5.41, 5.74) is -4.04. The van der Waals surface area contributed by atoms with Gasteiger partial charge in [0.25, 0.3) is 0 Å². The van der Waals surface area contributed by atoms with Crippen molar-refractivity contribution in [2.45, 2.75) is 51.5 Å². The van der Waals surface area contributed by atoms with Gasteiger partial charge in [0.2, 0.25) is 0 Å². The molecule has 0 radical (unpaired) electrons. The number of alkyl halides is 4. The maximum Gasteiger partial charge on any atom is 0.441 e. The summed E-state index contributed by atoms with van der Waals surface area (Å²) >= 11 is 3.56. The van der Waals surface area contributed by atoms with Gasteiger partial charge in [-0.1, -0.05) is 54.4 Å². The average molecular weight is 321 g/mol. The molecule has 5 heteroatoms. The molecule has 0 aromatic carbocycles. The number of hydrogen-bond donors (Lipinski definition) is 0. The fraction of sp³-hybridized carbons (Fsp3) is 1.00. The van der Waals surface area contributed by atoms with Crippen LogP contribution < -0.4 is 0 Å². The van der Waals surface area contributed by atoms with Gasteiger partial charge in [-0.25, -0.2) is 0 Å². The fourth-order valence-corrected chi connectivity index (χ4v) is 3.37. The highest BCUT2D eigenvalue weighted by Crippen LogP contribution is 2.39. The third-order valence-corrected chi connectivity index (χ3v) is 4.92. The van der Waals surface area contributed by atoms with Crippen molar-refractivity contribution in [3.8, 4) is 0 Å². The van der Waals surface area contributed by atoms with E-state index in [4.69, 9.17) is 0 Å². The predicted octanol–water partition coefficient (Wildman–Crippen LogP) is 5.61. The van der Waals surface area contributed by atoms with Crippen LogP contribution in [0.5, 0.6) is 0 Å². The van der Waals surface area contributed by atoms with Crippen molar-refractivity contribution in [2.24, 2.45) is 5.41 Å². The maximum absolute atomic E-state index is 12.0. The molecule has 0 aliphatic carbocycles. The number of hydrogen-bond acceptors (Lipinski definition) is 1. The first kappa shape index (κ1) is 16.6. The number of rotatable bonds is 8. The van der Waals surface area contributed by atoms with Crippen molar-refractivity contribution < 1.29 is 13.2 Å². The molecule has 1 unspecified atom stereocenters. The lowest BCUT2D eigenvalue weighted by Gasteiger charge is -2.31. The zero-order valence-electron chi connectivity index (χ0n) is 9.87. The Labute approximate surface area is 109 Å². The van der Waals surface area contributed by atoms with E-state index in [-0.39, 0.29) is 22.9 Å². The van der Waals surface area contributed by atoms with Crippen LogP contribution in [-0.4, -0.2) is 16.6 Å². The molecular weight excluding hydrogens is 301 g/mol. The molecule has 0 nitrogen and oxygen atoms in total. The lowest BCUT2D eigenvalue weighted by atomic mass is 9.80. The number of halogens is 4. The standard InChI is InChI=1S/C11H20BrF3S/c1-3-5-6-10(4-2,9-12)7-8-16-11(13,14)15/h3-9H2,1-2H3. The third-order valence-electron chi connectivity index (χ3n) is 2.99. The van der Waals surface area contributed by atoms with Crippen LogP contribution in [0.1, 0.15) is 46.0 Å². The Balaban J connectivity index is 4.11. The van der Waals surface area contributed by atoms with Gasteiger partial charge in [0.05, 0.1) is 0 Å². The van der Waals surface area contributed by atoms with Crippen LogP contribution in [0.2, 0.25) is 0 Å². The SMILES string of the molecule is CCCCC(CC)(CBr)CCSC(F)(F)F. The van der Waals surface area contributed by atoms with E-state index in [1.807, 2.05) is 0 Å². The molecule has 0 aliphatic heterocycles. The lowest BCUT2D eigenvalue weighted by Crippen LogP contribution is -2.23. The van der Waals surface area contributed by atoms with Crippen molar-refractivity contribution in [1.82, 2.24) is 0 Å². The largest absolute Gasteiger partial charge is 0.441 e. The summed E-state index contributed by atoms with van der Waals surface area (Å²) < 4.78 is 36.1. The van der Waals surface area contributed by atoms with Gasteiger partial charge in [-0.05, 0) is 24.7 Å².